The Hall–Kier alpha value is -3.09. The third-order valence-electron chi connectivity index (χ3n) is 4.50. The zero-order chi connectivity index (χ0) is 20.1. The molecule has 0 saturated carbocycles. The van der Waals surface area contributed by atoms with Crippen LogP contribution in [0.25, 0.3) is 16.9 Å². The molecule has 1 N–H and O–H groups in total. The van der Waals surface area contributed by atoms with E-state index in [2.05, 4.69) is 15.3 Å². The van der Waals surface area contributed by atoms with E-state index in [4.69, 9.17) is 16.7 Å². The lowest BCUT2D eigenvalue weighted by Crippen LogP contribution is -2.17. The molecule has 0 aliphatic rings. The second-order valence-corrected chi connectivity index (χ2v) is 6.93. The average Bonchev–Trinajstić information content (AvgIpc) is 3.17. The van der Waals surface area contributed by atoms with Crippen molar-refractivity contribution in [1.29, 1.82) is 0 Å². The fraction of sp³-hybridized carbons (Fsp3) is 0.136. The Morgan fingerprint density at radius 1 is 1.03 bits per heavy atom. The zero-order valence-corrected chi connectivity index (χ0v) is 16.4. The molecule has 0 amide bonds. The molecule has 0 radical (unpaired) electrons. The number of nitrogens with zero attached hydrogens (tertiary/aromatic N) is 4. The summed E-state index contributed by atoms with van der Waals surface area (Å²) in [5.41, 5.74) is 4.38. The van der Waals surface area contributed by atoms with Gasteiger partial charge in [0.1, 0.15) is 5.82 Å². The molecule has 146 valence electrons. The van der Waals surface area contributed by atoms with Crippen molar-refractivity contribution in [2.24, 2.45) is 0 Å². The van der Waals surface area contributed by atoms with Crippen LogP contribution in [0.5, 0.6) is 0 Å². The van der Waals surface area contributed by atoms with Crippen LogP contribution in [-0.4, -0.2) is 26.3 Å². The van der Waals surface area contributed by atoms with Crippen molar-refractivity contribution < 1.29 is 4.39 Å². The summed E-state index contributed by atoms with van der Waals surface area (Å²) < 4.78 is 15.0. The van der Waals surface area contributed by atoms with Crippen LogP contribution in [0.15, 0.2) is 73.3 Å². The van der Waals surface area contributed by atoms with Crippen LogP contribution >= 0.6 is 11.6 Å². The summed E-state index contributed by atoms with van der Waals surface area (Å²) in [5, 5.41) is 8.79. The summed E-state index contributed by atoms with van der Waals surface area (Å²) in [6, 6.07) is 13.9. The van der Waals surface area contributed by atoms with Gasteiger partial charge in [0.05, 0.1) is 22.1 Å². The number of benzene rings is 2. The number of nitrogens with one attached hydrogen (secondary N) is 1. The van der Waals surface area contributed by atoms with Crippen LogP contribution in [-0.2, 0) is 13.0 Å². The third kappa shape index (κ3) is 4.67. The summed E-state index contributed by atoms with van der Waals surface area (Å²) in [7, 11) is 0. The van der Waals surface area contributed by atoms with Crippen molar-refractivity contribution in [1.82, 2.24) is 25.1 Å². The van der Waals surface area contributed by atoms with Crippen molar-refractivity contribution in [2.45, 2.75) is 13.0 Å². The topological polar surface area (TPSA) is 55.6 Å². The molecular weight excluding hydrogens is 389 g/mol. The van der Waals surface area contributed by atoms with E-state index >= 15 is 0 Å². The quantitative estimate of drug-likeness (QED) is 0.460. The molecule has 4 rings (SSSR count). The molecule has 7 heteroatoms. The fourth-order valence-corrected chi connectivity index (χ4v) is 3.27. The number of hydrogen-bond acceptors (Lipinski definition) is 4. The first-order valence-electron chi connectivity index (χ1n) is 9.26. The lowest BCUT2D eigenvalue weighted by Gasteiger charge is -2.06. The predicted molar refractivity (Wildman–Crippen MR) is 111 cm³/mol. The highest BCUT2D eigenvalue weighted by atomic mass is 35.5. The smallest absolute Gasteiger partial charge is 0.123 e. The van der Waals surface area contributed by atoms with E-state index < -0.39 is 0 Å². The van der Waals surface area contributed by atoms with Gasteiger partial charge >= 0.3 is 0 Å². The SMILES string of the molecule is Fc1ccc(-n2cc(CNCCc3cnccn3)c(-c3ccccc3Cl)n2)cc1. The van der Waals surface area contributed by atoms with Crippen LogP contribution in [0, 0.1) is 5.82 Å². The minimum atomic E-state index is -0.280. The van der Waals surface area contributed by atoms with Gasteiger partial charge in [0.25, 0.3) is 0 Å². The number of hydrogen-bond donors (Lipinski definition) is 1. The monoisotopic (exact) mass is 407 g/mol. The van der Waals surface area contributed by atoms with Gasteiger partial charge in [0.15, 0.2) is 0 Å². The van der Waals surface area contributed by atoms with Crippen molar-refractivity contribution in [3.8, 4) is 16.9 Å². The summed E-state index contributed by atoms with van der Waals surface area (Å²) in [6.07, 6.45) is 7.85. The molecule has 29 heavy (non-hydrogen) atoms. The Morgan fingerprint density at radius 2 is 1.86 bits per heavy atom. The molecule has 0 unspecified atom stereocenters. The molecule has 5 nitrogen and oxygen atoms in total. The predicted octanol–water partition coefficient (Wildman–Crippen LogP) is 4.45. The molecular formula is C22H19ClFN5. The van der Waals surface area contributed by atoms with E-state index in [1.807, 2.05) is 30.5 Å². The Morgan fingerprint density at radius 3 is 2.62 bits per heavy atom. The molecule has 0 saturated heterocycles. The van der Waals surface area contributed by atoms with Gasteiger partial charge in [-0.1, -0.05) is 29.8 Å². The molecule has 2 aromatic heterocycles. The minimum Gasteiger partial charge on any atom is -0.312 e. The Bertz CT molecular complexity index is 1080. The van der Waals surface area contributed by atoms with E-state index in [0.29, 0.717) is 11.6 Å². The van der Waals surface area contributed by atoms with Crippen molar-refractivity contribution in [2.75, 3.05) is 6.54 Å². The Kier molecular flexibility index (Phi) is 5.93. The van der Waals surface area contributed by atoms with Gasteiger partial charge in [-0.2, -0.15) is 5.10 Å². The van der Waals surface area contributed by atoms with Crippen LogP contribution in [0.2, 0.25) is 5.02 Å². The summed E-state index contributed by atoms with van der Waals surface area (Å²) in [5.74, 6) is -0.280. The summed E-state index contributed by atoms with van der Waals surface area (Å²) in [4.78, 5) is 8.37. The first-order valence-corrected chi connectivity index (χ1v) is 9.63. The van der Waals surface area contributed by atoms with Crippen LogP contribution in [0.1, 0.15) is 11.3 Å². The number of aromatic nitrogens is 4. The van der Waals surface area contributed by atoms with Gasteiger partial charge in [-0.05, 0) is 30.3 Å². The maximum absolute atomic E-state index is 13.3. The second kappa shape index (κ2) is 8.94. The van der Waals surface area contributed by atoms with E-state index in [-0.39, 0.29) is 5.82 Å². The molecule has 0 aliphatic carbocycles. The lowest BCUT2D eigenvalue weighted by atomic mass is 10.1. The largest absolute Gasteiger partial charge is 0.312 e. The average molecular weight is 408 g/mol. The molecule has 0 aliphatic heterocycles. The van der Waals surface area contributed by atoms with E-state index in [9.17, 15) is 4.39 Å². The zero-order valence-electron chi connectivity index (χ0n) is 15.6. The van der Waals surface area contributed by atoms with Crippen molar-refractivity contribution in [3.63, 3.8) is 0 Å². The first-order chi connectivity index (χ1) is 14.2. The minimum absolute atomic E-state index is 0.280. The van der Waals surface area contributed by atoms with E-state index in [1.54, 1.807) is 35.4 Å². The summed E-state index contributed by atoms with van der Waals surface area (Å²) >= 11 is 6.41. The summed E-state index contributed by atoms with van der Waals surface area (Å²) in [6.45, 7) is 1.37. The van der Waals surface area contributed by atoms with E-state index in [0.717, 1.165) is 41.2 Å². The van der Waals surface area contributed by atoms with Crippen LogP contribution in [0.3, 0.4) is 0 Å². The Labute approximate surface area is 173 Å². The molecule has 2 aromatic carbocycles. The van der Waals surface area contributed by atoms with Crippen LogP contribution < -0.4 is 5.32 Å². The van der Waals surface area contributed by atoms with Gasteiger partial charge < -0.3 is 5.32 Å². The van der Waals surface area contributed by atoms with E-state index in [1.165, 1.54) is 12.1 Å². The van der Waals surface area contributed by atoms with Crippen molar-refractivity contribution >= 4 is 11.6 Å². The maximum Gasteiger partial charge on any atom is 0.123 e. The lowest BCUT2D eigenvalue weighted by molar-refractivity contribution is 0.627. The molecule has 0 bridgehead atoms. The van der Waals surface area contributed by atoms with Gasteiger partial charge in [0.2, 0.25) is 0 Å². The van der Waals surface area contributed by atoms with Gasteiger partial charge in [-0.3, -0.25) is 9.97 Å². The third-order valence-corrected chi connectivity index (χ3v) is 4.83. The molecule has 4 aromatic rings. The normalized spacial score (nSPS) is 11.0. The number of halogens is 2. The van der Waals surface area contributed by atoms with Gasteiger partial charge in [-0.25, -0.2) is 9.07 Å². The second-order valence-electron chi connectivity index (χ2n) is 6.53. The van der Waals surface area contributed by atoms with Crippen LogP contribution in [0.4, 0.5) is 4.39 Å². The first kappa shape index (κ1) is 19.2. The molecule has 0 fully saturated rings. The van der Waals surface area contributed by atoms with Crippen molar-refractivity contribution in [3.05, 3.63) is 95.4 Å². The highest BCUT2D eigenvalue weighted by Gasteiger charge is 2.14. The molecule has 0 atom stereocenters. The van der Waals surface area contributed by atoms with Gasteiger partial charge in [-0.15, -0.1) is 0 Å². The highest BCUT2D eigenvalue weighted by molar-refractivity contribution is 6.33. The standard InChI is InChI=1S/C22H19ClFN5/c23-21-4-2-1-3-20(21)22-16(13-25-10-9-18-14-26-11-12-27-18)15-29(28-22)19-7-5-17(24)6-8-19/h1-8,11-12,14-15,25H,9-10,13H2. The van der Waals surface area contributed by atoms with Gasteiger partial charge in [0, 0.05) is 55.4 Å². The molecule has 0 spiro atoms. The number of rotatable bonds is 7. The fourth-order valence-electron chi connectivity index (χ4n) is 3.04. The Balaban J connectivity index is 1.57. The highest BCUT2D eigenvalue weighted by Crippen LogP contribution is 2.30. The molecule has 2 heterocycles. The maximum atomic E-state index is 13.3.